The average Bonchev–Trinajstić information content (AvgIpc) is 2.94. The summed E-state index contributed by atoms with van der Waals surface area (Å²) in [6.45, 7) is 7.01. The van der Waals surface area contributed by atoms with Crippen LogP contribution in [0.5, 0.6) is 0 Å². The van der Waals surface area contributed by atoms with Gasteiger partial charge in [0.1, 0.15) is 4.83 Å². The molecule has 0 aliphatic carbocycles. The molecule has 0 aliphatic heterocycles. The number of aryl methyl sites for hydroxylation is 3. The van der Waals surface area contributed by atoms with Gasteiger partial charge < -0.3 is 9.47 Å². The van der Waals surface area contributed by atoms with E-state index in [0.717, 1.165) is 16.7 Å². The van der Waals surface area contributed by atoms with E-state index in [1.54, 1.807) is 7.05 Å². The first-order valence-electron chi connectivity index (χ1n) is 8.22. The predicted molar refractivity (Wildman–Crippen MR) is 101 cm³/mol. The molecule has 3 aromatic rings. The third-order valence-corrected chi connectivity index (χ3v) is 5.68. The Bertz CT molecular complexity index is 1000. The molecule has 0 fully saturated rings. The monoisotopic (exact) mass is 355 g/mol. The molecule has 5 nitrogen and oxygen atoms in total. The van der Waals surface area contributed by atoms with Gasteiger partial charge in [-0.1, -0.05) is 24.3 Å². The zero-order chi connectivity index (χ0) is 18.1. The second-order valence-corrected chi connectivity index (χ2v) is 7.14. The first kappa shape index (κ1) is 17.4. The van der Waals surface area contributed by atoms with Gasteiger partial charge in [0, 0.05) is 20.1 Å². The van der Waals surface area contributed by atoms with Gasteiger partial charge in [0.15, 0.2) is 0 Å². The molecule has 0 saturated heterocycles. The summed E-state index contributed by atoms with van der Waals surface area (Å²) in [5.41, 5.74) is 2.91. The molecule has 0 atom stereocenters. The number of rotatable bonds is 4. The van der Waals surface area contributed by atoms with Crippen molar-refractivity contribution in [2.75, 3.05) is 6.54 Å². The average molecular weight is 355 g/mol. The molecule has 0 aliphatic rings. The van der Waals surface area contributed by atoms with Crippen LogP contribution >= 0.6 is 11.3 Å². The van der Waals surface area contributed by atoms with Gasteiger partial charge in [-0.25, -0.2) is 4.98 Å². The summed E-state index contributed by atoms with van der Waals surface area (Å²) in [5.74, 6) is -0.0479. The second-order valence-electron chi connectivity index (χ2n) is 6.14. The molecule has 0 spiro atoms. The second kappa shape index (κ2) is 6.80. The molecule has 0 bridgehead atoms. The van der Waals surface area contributed by atoms with Crippen LogP contribution in [0.25, 0.3) is 10.2 Å². The van der Waals surface area contributed by atoms with Gasteiger partial charge in [-0.2, -0.15) is 0 Å². The lowest BCUT2D eigenvalue weighted by atomic mass is 10.1. The van der Waals surface area contributed by atoms with Crippen molar-refractivity contribution in [2.45, 2.75) is 27.3 Å². The van der Waals surface area contributed by atoms with E-state index in [4.69, 9.17) is 0 Å². The van der Waals surface area contributed by atoms with Crippen LogP contribution < -0.4 is 5.56 Å². The minimum absolute atomic E-state index is 0.0479. The van der Waals surface area contributed by atoms with Crippen molar-refractivity contribution in [1.82, 2.24) is 14.5 Å². The van der Waals surface area contributed by atoms with Crippen LogP contribution in [-0.2, 0) is 13.6 Å². The van der Waals surface area contributed by atoms with Gasteiger partial charge in [0.25, 0.3) is 11.5 Å². The molecule has 2 heterocycles. The van der Waals surface area contributed by atoms with Crippen molar-refractivity contribution >= 4 is 27.5 Å². The zero-order valence-electron chi connectivity index (χ0n) is 14.9. The van der Waals surface area contributed by atoms with Gasteiger partial charge in [-0.05, 0) is 37.5 Å². The number of aromatic nitrogens is 2. The Morgan fingerprint density at radius 2 is 2.00 bits per heavy atom. The summed E-state index contributed by atoms with van der Waals surface area (Å²) in [4.78, 5) is 32.8. The number of hydrogen-bond acceptors (Lipinski definition) is 4. The molecule has 3 rings (SSSR count). The Balaban J connectivity index is 2.00. The SMILES string of the molecule is CCN(Cc1ccccc1C)C(=O)c1sc2ncn(C)c(=O)c2c1C. The van der Waals surface area contributed by atoms with Gasteiger partial charge in [0.2, 0.25) is 0 Å². The third-order valence-electron chi connectivity index (χ3n) is 4.50. The number of carbonyl (C=O) groups is 1. The van der Waals surface area contributed by atoms with Crippen molar-refractivity contribution in [1.29, 1.82) is 0 Å². The molecule has 0 radical (unpaired) electrons. The predicted octanol–water partition coefficient (Wildman–Crippen LogP) is 3.27. The van der Waals surface area contributed by atoms with E-state index in [2.05, 4.69) is 4.98 Å². The number of benzene rings is 1. The lowest BCUT2D eigenvalue weighted by molar-refractivity contribution is 0.0756. The van der Waals surface area contributed by atoms with Crippen molar-refractivity contribution in [3.63, 3.8) is 0 Å². The highest BCUT2D eigenvalue weighted by Gasteiger charge is 2.23. The maximum atomic E-state index is 13.1. The van der Waals surface area contributed by atoms with Crippen molar-refractivity contribution in [3.05, 3.63) is 62.5 Å². The van der Waals surface area contributed by atoms with Crippen LogP contribution in [0.1, 0.15) is 33.3 Å². The van der Waals surface area contributed by atoms with Crippen molar-refractivity contribution < 1.29 is 4.79 Å². The minimum atomic E-state index is -0.111. The van der Waals surface area contributed by atoms with Crippen LogP contribution in [0.3, 0.4) is 0 Å². The molecule has 0 N–H and O–H groups in total. The zero-order valence-corrected chi connectivity index (χ0v) is 15.7. The molecular formula is C19H21N3O2S. The highest BCUT2D eigenvalue weighted by Crippen LogP contribution is 2.28. The van der Waals surface area contributed by atoms with Gasteiger partial charge in [-0.15, -0.1) is 11.3 Å². The summed E-state index contributed by atoms with van der Waals surface area (Å²) in [5, 5.41) is 0.547. The summed E-state index contributed by atoms with van der Waals surface area (Å²) < 4.78 is 1.45. The van der Waals surface area contributed by atoms with E-state index in [1.165, 1.54) is 22.2 Å². The standard InChI is InChI=1S/C19H21N3O2S/c1-5-22(10-14-9-7-6-8-12(14)2)19(24)16-13(3)15-17(25-16)20-11-21(4)18(15)23/h6-9,11H,5,10H2,1-4H3. The van der Waals surface area contributed by atoms with Crippen molar-refractivity contribution in [2.24, 2.45) is 7.05 Å². The summed E-state index contributed by atoms with van der Waals surface area (Å²) in [7, 11) is 1.67. The van der Waals surface area contributed by atoms with Crippen LogP contribution in [0.2, 0.25) is 0 Å². The first-order chi connectivity index (χ1) is 11.9. The minimum Gasteiger partial charge on any atom is -0.334 e. The van der Waals surface area contributed by atoms with E-state index in [1.807, 2.05) is 49.9 Å². The first-order valence-corrected chi connectivity index (χ1v) is 9.04. The largest absolute Gasteiger partial charge is 0.334 e. The maximum Gasteiger partial charge on any atom is 0.264 e. The highest BCUT2D eigenvalue weighted by molar-refractivity contribution is 7.20. The van der Waals surface area contributed by atoms with Crippen LogP contribution in [-0.4, -0.2) is 26.9 Å². The normalized spacial score (nSPS) is 11.0. The topological polar surface area (TPSA) is 55.2 Å². The molecule has 2 aromatic heterocycles. The fourth-order valence-electron chi connectivity index (χ4n) is 2.88. The molecule has 6 heteroatoms. The molecule has 0 saturated carbocycles. The van der Waals surface area contributed by atoms with E-state index in [9.17, 15) is 9.59 Å². The number of nitrogens with zero attached hydrogens (tertiary/aromatic N) is 3. The van der Waals surface area contributed by atoms with E-state index < -0.39 is 0 Å². The van der Waals surface area contributed by atoms with Crippen LogP contribution in [0.15, 0.2) is 35.4 Å². The van der Waals surface area contributed by atoms with Crippen LogP contribution in [0, 0.1) is 13.8 Å². The Labute approximate surface area is 150 Å². The van der Waals surface area contributed by atoms with E-state index >= 15 is 0 Å². The molecule has 0 unspecified atom stereocenters. The number of amides is 1. The van der Waals surface area contributed by atoms with E-state index in [-0.39, 0.29) is 11.5 Å². The van der Waals surface area contributed by atoms with Gasteiger partial charge in [-0.3, -0.25) is 9.59 Å². The van der Waals surface area contributed by atoms with Crippen molar-refractivity contribution in [3.8, 4) is 0 Å². The molecule has 1 aromatic carbocycles. The lowest BCUT2D eigenvalue weighted by Crippen LogP contribution is -2.30. The van der Waals surface area contributed by atoms with Gasteiger partial charge >= 0.3 is 0 Å². The van der Waals surface area contributed by atoms with Gasteiger partial charge in [0.05, 0.1) is 16.6 Å². The highest BCUT2D eigenvalue weighted by atomic mass is 32.1. The fraction of sp³-hybridized carbons (Fsp3) is 0.316. The molecular weight excluding hydrogens is 334 g/mol. The lowest BCUT2D eigenvalue weighted by Gasteiger charge is -2.21. The Morgan fingerprint density at radius 3 is 2.68 bits per heavy atom. The van der Waals surface area contributed by atoms with Crippen LogP contribution in [0.4, 0.5) is 0 Å². The Morgan fingerprint density at radius 1 is 1.28 bits per heavy atom. The number of hydrogen-bond donors (Lipinski definition) is 0. The summed E-state index contributed by atoms with van der Waals surface area (Å²) in [6.07, 6.45) is 1.50. The smallest absolute Gasteiger partial charge is 0.264 e. The quantitative estimate of drug-likeness (QED) is 0.722. The fourth-order valence-corrected chi connectivity index (χ4v) is 3.98. The molecule has 130 valence electrons. The third kappa shape index (κ3) is 3.09. The number of carbonyl (C=O) groups excluding carboxylic acids is 1. The number of fused-ring (bicyclic) bond motifs is 1. The summed E-state index contributed by atoms with van der Waals surface area (Å²) in [6, 6.07) is 8.07. The maximum absolute atomic E-state index is 13.1. The molecule has 1 amide bonds. The Kier molecular flexibility index (Phi) is 4.72. The Hall–Kier alpha value is -2.47. The summed E-state index contributed by atoms with van der Waals surface area (Å²) >= 11 is 1.30. The molecule has 25 heavy (non-hydrogen) atoms. The van der Waals surface area contributed by atoms with E-state index in [0.29, 0.717) is 28.2 Å². The number of thiophene rings is 1.